The first-order valence-corrected chi connectivity index (χ1v) is 10.8. The van der Waals surface area contributed by atoms with Crippen molar-refractivity contribution in [2.45, 2.75) is 44.8 Å². The average molecular weight is 428 g/mol. The molecule has 1 N–H and O–H groups in total. The number of benzene rings is 1. The second kappa shape index (κ2) is 11.8. The maximum absolute atomic E-state index is 12.7. The molecule has 0 aliphatic carbocycles. The van der Waals surface area contributed by atoms with Gasteiger partial charge in [0.2, 0.25) is 11.9 Å². The van der Waals surface area contributed by atoms with Crippen LogP contribution in [0.1, 0.15) is 37.7 Å². The third-order valence-electron chi connectivity index (χ3n) is 5.41. The van der Waals surface area contributed by atoms with E-state index >= 15 is 0 Å². The van der Waals surface area contributed by atoms with Crippen LogP contribution < -0.4 is 5.32 Å². The van der Waals surface area contributed by atoms with Crippen LogP contribution in [0.4, 0.5) is 4.79 Å². The normalized spacial score (nSPS) is 16.8. The number of amides is 2. The van der Waals surface area contributed by atoms with Gasteiger partial charge in [0.25, 0.3) is 0 Å². The third-order valence-corrected chi connectivity index (χ3v) is 5.41. The minimum absolute atomic E-state index is 0.0876. The molecule has 2 heterocycles. The van der Waals surface area contributed by atoms with Crippen LogP contribution in [0.5, 0.6) is 0 Å². The standard InChI is InChI=1S/C21H29N7O3/c22-26-25-18(19(29)27-12-5-2-6-13-27)10-7-14-28-15-11-23-20(28)24-21(30)31-16-17-8-3-1-4-9-17/h1,3-4,8-9,18H,2,5-7,10-16H2,(H,23,24,30)/t18-/m0/s1. The molecule has 1 fully saturated rings. The van der Waals surface area contributed by atoms with Crippen LogP contribution in [0.2, 0.25) is 0 Å². The number of likely N-dealkylation sites (tertiary alicyclic amines) is 1. The molecule has 0 radical (unpaired) electrons. The van der Waals surface area contributed by atoms with Crippen LogP contribution in [-0.2, 0) is 16.1 Å². The average Bonchev–Trinajstić information content (AvgIpc) is 3.24. The number of guanidine groups is 1. The Kier molecular flexibility index (Phi) is 8.54. The highest BCUT2D eigenvalue weighted by molar-refractivity contribution is 5.94. The van der Waals surface area contributed by atoms with Crippen molar-refractivity contribution in [3.63, 3.8) is 0 Å². The van der Waals surface area contributed by atoms with Crippen LogP contribution >= 0.6 is 0 Å². The third kappa shape index (κ3) is 6.89. The molecule has 0 unspecified atom stereocenters. The lowest BCUT2D eigenvalue weighted by Crippen LogP contribution is -2.43. The molecule has 1 atom stereocenters. The van der Waals surface area contributed by atoms with Crippen LogP contribution in [0, 0.1) is 0 Å². The SMILES string of the molecule is [N-]=[N+]=N[C@@H](CCCN1CCN=C1NC(=O)OCc1ccccc1)C(=O)N1CCCCC1. The maximum atomic E-state index is 12.7. The van der Waals surface area contributed by atoms with Gasteiger partial charge < -0.3 is 14.5 Å². The molecule has 0 aromatic heterocycles. The van der Waals surface area contributed by atoms with Gasteiger partial charge in [-0.3, -0.25) is 15.1 Å². The fourth-order valence-corrected chi connectivity index (χ4v) is 3.76. The summed E-state index contributed by atoms with van der Waals surface area (Å²) in [6.45, 7) is 3.51. The van der Waals surface area contributed by atoms with Crippen molar-refractivity contribution in [1.82, 2.24) is 15.1 Å². The Bertz CT molecular complexity index is 818. The Morgan fingerprint density at radius 1 is 1.19 bits per heavy atom. The summed E-state index contributed by atoms with van der Waals surface area (Å²) in [5.41, 5.74) is 9.77. The largest absolute Gasteiger partial charge is 0.444 e. The van der Waals surface area contributed by atoms with Gasteiger partial charge in [0.15, 0.2) is 0 Å². The van der Waals surface area contributed by atoms with Crippen molar-refractivity contribution in [3.05, 3.63) is 46.3 Å². The van der Waals surface area contributed by atoms with Crippen LogP contribution in [0.3, 0.4) is 0 Å². The maximum Gasteiger partial charge on any atom is 0.414 e. The molecule has 166 valence electrons. The van der Waals surface area contributed by atoms with Gasteiger partial charge in [-0.2, -0.15) is 0 Å². The first-order valence-electron chi connectivity index (χ1n) is 10.8. The molecule has 10 heteroatoms. The van der Waals surface area contributed by atoms with Gasteiger partial charge in [0.1, 0.15) is 12.6 Å². The Hall–Kier alpha value is -3.26. The Labute approximate surface area is 181 Å². The minimum atomic E-state index is -0.685. The molecule has 31 heavy (non-hydrogen) atoms. The van der Waals surface area contributed by atoms with Crippen molar-refractivity contribution < 1.29 is 14.3 Å². The van der Waals surface area contributed by atoms with Crippen LogP contribution in [-0.4, -0.2) is 66.5 Å². The summed E-state index contributed by atoms with van der Waals surface area (Å²) >= 11 is 0. The second-order valence-corrected chi connectivity index (χ2v) is 7.63. The Balaban J connectivity index is 1.43. The highest BCUT2D eigenvalue weighted by Crippen LogP contribution is 2.15. The van der Waals surface area contributed by atoms with E-state index in [1.165, 1.54) is 0 Å². The highest BCUT2D eigenvalue weighted by Gasteiger charge is 2.25. The molecule has 2 aliphatic rings. The first kappa shape index (κ1) is 22.4. The van der Waals surface area contributed by atoms with E-state index in [0.29, 0.717) is 38.4 Å². The fraction of sp³-hybridized carbons (Fsp3) is 0.571. The van der Waals surface area contributed by atoms with Gasteiger partial charge in [0.05, 0.1) is 6.54 Å². The van der Waals surface area contributed by atoms with E-state index in [1.54, 1.807) is 4.90 Å². The van der Waals surface area contributed by atoms with E-state index in [9.17, 15) is 9.59 Å². The lowest BCUT2D eigenvalue weighted by Gasteiger charge is -2.29. The summed E-state index contributed by atoms with van der Waals surface area (Å²) in [5.74, 6) is 0.385. The van der Waals surface area contributed by atoms with E-state index < -0.39 is 12.1 Å². The Morgan fingerprint density at radius 3 is 2.71 bits per heavy atom. The van der Waals surface area contributed by atoms with Crippen molar-refractivity contribution in [2.75, 3.05) is 32.7 Å². The van der Waals surface area contributed by atoms with E-state index in [2.05, 4.69) is 20.3 Å². The van der Waals surface area contributed by atoms with Gasteiger partial charge in [-0.05, 0) is 43.2 Å². The van der Waals surface area contributed by atoms with Crippen LogP contribution in [0.15, 0.2) is 40.4 Å². The Morgan fingerprint density at radius 2 is 1.97 bits per heavy atom. The smallest absolute Gasteiger partial charge is 0.414 e. The molecule has 2 amide bonds. The quantitative estimate of drug-likeness (QED) is 0.389. The molecule has 10 nitrogen and oxygen atoms in total. The zero-order valence-corrected chi connectivity index (χ0v) is 17.7. The summed E-state index contributed by atoms with van der Waals surface area (Å²) in [7, 11) is 0. The number of carbonyl (C=O) groups is 2. The van der Waals surface area contributed by atoms with Gasteiger partial charge in [-0.1, -0.05) is 35.4 Å². The van der Waals surface area contributed by atoms with E-state index in [-0.39, 0.29) is 12.5 Å². The van der Waals surface area contributed by atoms with Crippen molar-refractivity contribution in [1.29, 1.82) is 0 Å². The number of ether oxygens (including phenoxy) is 1. The predicted molar refractivity (Wildman–Crippen MR) is 116 cm³/mol. The monoisotopic (exact) mass is 427 g/mol. The lowest BCUT2D eigenvalue weighted by atomic mass is 10.1. The summed E-state index contributed by atoms with van der Waals surface area (Å²) in [6, 6.07) is 8.77. The first-order chi connectivity index (χ1) is 15.2. The zero-order chi connectivity index (χ0) is 21.9. The van der Waals surface area contributed by atoms with E-state index in [4.69, 9.17) is 10.3 Å². The van der Waals surface area contributed by atoms with Gasteiger partial charge in [-0.25, -0.2) is 4.79 Å². The van der Waals surface area contributed by atoms with E-state index in [1.807, 2.05) is 35.2 Å². The molecule has 3 rings (SSSR count). The van der Waals surface area contributed by atoms with Crippen molar-refractivity contribution in [3.8, 4) is 0 Å². The number of azide groups is 1. The summed E-state index contributed by atoms with van der Waals surface area (Å²) < 4.78 is 5.25. The molecule has 0 bridgehead atoms. The topological polar surface area (TPSA) is 123 Å². The molecule has 0 spiro atoms. The minimum Gasteiger partial charge on any atom is -0.444 e. The fourth-order valence-electron chi connectivity index (χ4n) is 3.76. The number of nitrogens with one attached hydrogen (secondary N) is 1. The number of aliphatic imine (C=N–C) groups is 1. The predicted octanol–water partition coefficient (Wildman–Crippen LogP) is 3.06. The van der Waals surface area contributed by atoms with Crippen molar-refractivity contribution in [2.24, 2.45) is 10.1 Å². The highest BCUT2D eigenvalue weighted by atomic mass is 16.5. The molecule has 0 saturated carbocycles. The molecule has 1 aromatic carbocycles. The molecule has 1 aromatic rings. The van der Waals surface area contributed by atoms with Gasteiger partial charge in [0, 0.05) is 31.1 Å². The number of hydrogen-bond acceptors (Lipinski definition) is 6. The molecule has 2 aliphatic heterocycles. The lowest BCUT2D eigenvalue weighted by molar-refractivity contribution is -0.133. The number of hydrogen-bond donors (Lipinski definition) is 1. The van der Waals surface area contributed by atoms with Crippen molar-refractivity contribution >= 4 is 18.0 Å². The summed E-state index contributed by atoms with van der Waals surface area (Å²) in [4.78, 5) is 35.7. The second-order valence-electron chi connectivity index (χ2n) is 7.63. The zero-order valence-electron chi connectivity index (χ0n) is 17.7. The van der Waals surface area contributed by atoms with Gasteiger partial charge in [-0.15, -0.1) is 0 Å². The summed E-state index contributed by atoms with van der Waals surface area (Å²) in [5, 5.41) is 6.43. The molecular weight excluding hydrogens is 398 g/mol. The number of rotatable bonds is 8. The van der Waals surface area contributed by atoms with Gasteiger partial charge >= 0.3 is 6.09 Å². The molecule has 1 saturated heterocycles. The summed E-state index contributed by atoms with van der Waals surface area (Å²) in [6.07, 6.45) is 3.67. The van der Waals surface area contributed by atoms with E-state index in [0.717, 1.165) is 37.9 Å². The number of alkyl carbamates (subject to hydrolysis) is 1. The number of piperidine rings is 1. The number of carbonyl (C=O) groups excluding carboxylic acids is 2. The molecular formula is C21H29N7O3. The van der Waals surface area contributed by atoms with Crippen LogP contribution in [0.25, 0.3) is 10.4 Å². The number of nitrogens with zero attached hydrogens (tertiary/aromatic N) is 6.